The lowest BCUT2D eigenvalue weighted by Gasteiger charge is -2.32. The SMILES string of the molecule is N#Cc1cccc(-c2cc(NC3CCN(CC(=O)O)CC3)c3cnccc3c2)c1. The van der Waals surface area contributed by atoms with Crippen molar-refractivity contribution in [2.75, 3.05) is 25.0 Å². The van der Waals surface area contributed by atoms with Gasteiger partial charge < -0.3 is 10.4 Å². The first-order chi connectivity index (χ1) is 14.1. The number of rotatable bonds is 5. The zero-order valence-electron chi connectivity index (χ0n) is 16.0. The van der Waals surface area contributed by atoms with Crippen molar-refractivity contribution in [1.29, 1.82) is 5.26 Å². The number of aromatic nitrogens is 1. The van der Waals surface area contributed by atoms with Gasteiger partial charge in [-0.05, 0) is 59.7 Å². The van der Waals surface area contributed by atoms with Crippen LogP contribution >= 0.6 is 0 Å². The highest BCUT2D eigenvalue weighted by Gasteiger charge is 2.21. The Morgan fingerprint density at radius 3 is 2.79 bits per heavy atom. The van der Waals surface area contributed by atoms with Crippen molar-refractivity contribution >= 4 is 22.4 Å². The van der Waals surface area contributed by atoms with E-state index in [4.69, 9.17) is 5.11 Å². The summed E-state index contributed by atoms with van der Waals surface area (Å²) in [4.78, 5) is 17.2. The number of nitrogens with one attached hydrogen (secondary N) is 1. The van der Waals surface area contributed by atoms with Gasteiger partial charge in [-0.2, -0.15) is 5.26 Å². The lowest BCUT2D eigenvalue weighted by molar-refractivity contribution is -0.138. The number of benzene rings is 2. The molecule has 2 N–H and O–H groups in total. The molecule has 0 saturated carbocycles. The maximum atomic E-state index is 10.9. The minimum Gasteiger partial charge on any atom is -0.480 e. The number of pyridine rings is 1. The van der Waals surface area contributed by atoms with E-state index in [1.165, 1.54) is 0 Å². The smallest absolute Gasteiger partial charge is 0.317 e. The number of nitrogens with zero attached hydrogens (tertiary/aromatic N) is 3. The number of likely N-dealkylation sites (tertiary alicyclic amines) is 1. The van der Waals surface area contributed by atoms with Crippen molar-refractivity contribution in [3.05, 3.63) is 60.4 Å². The van der Waals surface area contributed by atoms with Crippen LogP contribution in [0.3, 0.4) is 0 Å². The van der Waals surface area contributed by atoms with Crippen LogP contribution in [-0.2, 0) is 4.79 Å². The second-order valence-electron chi connectivity index (χ2n) is 7.40. The molecular formula is C23H22N4O2. The van der Waals surface area contributed by atoms with Gasteiger partial charge in [0.15, 0.2) is 0 Å². The molecule has 6 heteroatoms. The first-order valence-corrected chi connectivity index (χ1v) is 9.71. The van der Waals surface area contributed by atoms with E-state index >= 15 is 0 Å². The van der Waals surface area contributed by atoms with Crippen molar-refractivity contribution in [1.82, 2.24) is 9.88 Å². The summed E-state index contributed by atoms with van der Waals surface area (Å²) in [6.07, 6.45) is 5.44. The highest BCUT2D eigenvalue weighted by molar-refractivity contribution is 5.97. The molecule has 2 heterocycles. The van der Waals surface area contributed by atoms with Gasteiger partial charge in [0.2, 0.25) is 0 Å². The largest absolute Gasteiger partial charge is 0.480 e. The van der Waals surface area contributed by atoms with Crippen LogP contribution in [0.2, 0.25) is 0 Å². The van der Waals surface area contributed by atoms with Gasteiger partial charge in [-0.15, -0.1) is 0 Å². The monoisotopic (exact) mass is 386 g/mol. The number of anilines is 1. The lowest BCUT2D eigenvalue weighted by Crippen LogP contribution is -2.41. The molecule has 1 fully saturated rings. The summed E-state index contributed by atoms with van der Waals surface area (Å²) in [7, 11) is 0. The fourth-order valence-electron chi connectivity index (χ4n) is 3.90. The summed E-state index contributed by atoms with van der Waals surface area (Å²) >= 11 is 0. The first-order valence-electron chi connectivity index (χ1n) is 9.71. The Hall–Kier alpha value is -3.43. The summed E-state index contributed by atoms with van der Waals surface area (Å²) in [5.74, 6) is -0.777. The van der Waals surface area contributed by atoms with Gasteiger partial charge in [0.1, 0.15) is 0 Å². The van der Waals surface area contributed by atoms with Gasteiger partial charge in [-0.3, -0.25) is 14.7 Å². The lowest BCUT2D eigenvalue weighted by atomic mass is 9.98. The molecule has 1 aromatic heterocycles. The van der Waals surface area contributed by atoms with Crippen molar-refractivity contribution in [2.45, 2.75) is 18.9 Å². The van der Waals surface area contributed by atoms with E-state index in [1.54, 1.807) is 12.3 Å². The van der Waals surface area contributed by atoms with Gasteiger partial charge in [0.05, 0.1) is 18.2 Å². The van der Waals surface area contributed by atoms with Crippen LogP contribution in [-0.4, -0.2) is 46.6 Å². The molecule has 6 nitrogen and oxygen atoms in total. The number of hydrogen-bond acceptors (Lipinski definition) is 5. The molecule has 0 amide bonds. The van der Waals surface area contributed by atoms with E-state index < -0.39 is 5.97 Å². The Kier molecular flexibility index (Phi) is 5.41. The molecule has 1 aliphatic rings. The quantitative estimate of drug-likeness (QED) is 0.694. The van der Waals surface area contributed by atoms with Crippen LogP contribution < -0.4 is 5.32 Å². The Balaban J connectivity index is 1.62. The molecular weight excluding hydrogens is 364 g/mol. The van der Waals surface area contributed by atoms with E-state index in [2.05, 4.69) is 28.5 Å². The predicted molar refractivity (Wildman–Crippen MR) is 113 cm³/mol. The zero-order valence-corrected chi connectivity index (χ0v) is 16.0. The normalized spacial score (nSPS) is 15.1. The average molecular weight is 386 g/mol. The number of carboxylic acids is 1. The molecule has 146 valence electrons. The molecule has 0 bridgehead atoms. The van der Waals surface area contributed by atoms with Crippen LogP contribution in [0.4, 0.5) is 5.69 Å². The van der Waals surface area contributed by atoms with Gasteiger partial charge in [0.25, 0.3) is 0 Å². The average Bonchev–Trinajstić information content (AvgIpc) is 2.74. The van der Waals surface area contributed by atoms with Gasteiger partial charge >= 0.3 is 5.97 Å². The van der Waals surface area contributed by atoms with Crippen molar-refractivity contribution < 1.29 is 9.90 Å². The maximum Gasteiger partial charge on any atom is 0.317 e. The topological polar surface area (TPSA) is 89.2 Å². The Bertz CT molecular complexity index is 1080. The summed E-state index contributed by atoms with van der Waals surface area (Å²) in [5.41, 5.74) is 3.70. The third-order valence-corrected chi connectivity index (χ3v) is 5.39. The standard InChI is InChI=1S/C23H22N4O2/c24-13-16-2-1-3-17(10-16)19-11-18-4-7-25-14-21(18)22(12-19)26-20-5-8-27(9-6-20)15-23(28)29/h1-4,7,10-12,14,20,26H,5-6,8-9,15H2,(H,28,29). The molecule has 0 radical (unpaired) electrons. The molecule has 29 heavy (non-hydrogen) atoms. The Morgan fingerprint density at radius 1 is 1.21 bits per heavy atom. The van der Waals surface area contributed by atoms with E-state index in [1.807, 2.05) is 35.4 Å². The summed E-state index contributed by atoms with van der Waals surface area (Å²) in [5, 5.41) is 24.0. The van der Waals surface area contributed by atoms with Crippen LogP contribution in [0.15, 0.2) is 54.9 Å². The molecule has 2 aromatic carbocycles. The fourth-order valence-corrected chi connectivity index (χ4v) is 3.90. The number of carbonyl (C=O) groups is 1. The molecule has 3 aromatic rings. The van der Waals surface area contributed by atoms with Crippen LogP contribution in [0.5, 0.6) is 0 Å². The first kappa shape index (κ1) is 18.9. The predicted octanol–water partition coefficient (Wildman–Crippen LogP) is 3.73. The molecule has 1 saturated heterocycles. The van der Waals surface area contributed by atoms with Crippen LogP contribution in [0, 0.1) is 11.3 Å². The number of piperidine rings is 1. The molecule has 0 aliphatic carbocycles. The second kappa shape index (κ2) is 8.29. The van der Waals surface area contributed by atoms with Crippen LogP contribution in [0.25, 0.3) is 21.9 Å². The van der Waals surface area contributed by atoms with Crippen molar-refractivity contribution in [2.24, 2.45) is 0 Å². The Labute approximate surface area is 169 Å². The summed E-state index contributed by atoms with van der Waals surface area (Å²) in [6.45, 7) is 1.64. The maximum absolute atomic E-state index is 10.9. The van der Waals surface area contributed by atoms with Crippen LogP contribution in [0.1, 0.15) is 18.4 Å². The minimum absolute atomic E-state index is 0.101. The Morgan fingerprint density at radius 2 is 2.03 bits per heavy atom. The van der Waals surface area contributed by atoms with Gasteiger partial charge in [-0.25, -0.2) is 0 Å². The summed E-state index contributed by atoms with van der Waals surface area (Å²) in [6, 6.07) is 16.3. The third kappa shape index (κ3) is 4.36. The zero-order chi connectivity index (χ0) is 20.2. The molecule has 0 atom stereocenters. The van der Waals surface area contributed by atoms with Crippen molar-refractivity contribution in [3.63, 3.8) is 0 Å². The second-order valence-corrected chi connectivity index (χ2v) is 7.40. The van der Waals surface area contributed by atoms with Crippen molar-refractivity contribution in [3.8, 4) is 17.2 Å². The minimum atomic E-state index is -0.777. The number of carboxylic acid groups (broad SMARTS) is 1. The third-order valence-electron chi connectivity index (χ3n) is 5.39. The van der Waals surface area contributed by atoms with E-state index in [-0.39, 0.29) is 12.6 Å². The molecule has 0 spiro atoms. The molecule has 1 aliphatic heterocycles. The molecule has 4 rings (SSSR count). The molecule has 0 unspecified atom stereocenters. The number of fused-ring (bicyclic) bond motifs is 1. The highest BCUT2D eigenvalue weighted by Crippen LogP contribution is 2.32. The van der Waals surface area contributed by atoms with Gasteiger partial charge in [0, 0.05) is 42.6 Å². The highest BCUT2D eigenvalue weighted by atomic mass is 16.4. The number of hydrogen-bond donors (Lipinski definition) is 2. The van der Waals surface area contributed by atoms with E-state index in [0.29, 0.717) is 5.56 Å². The van der Waals surface area contributed by atoms with Gasteiger partial charge in [-0.1, -0.05) is 12.1 Å². The summed E-state index contributed by atoms with van der Waals surface area (Å²) < 4.78 is 0. The fraction of sp³-hybridized carbons (Fsp3) is 0.261. The van der Waals surface area contributed by atoms with E-state index in [0.717, 1.165) is 53.5 Å². The number of aliphatic carboxylic acids is 1. The number of nitriles is 1. The van der Waals surface area contributed by atoms with E-state index in [9.17, 15) is 10.1 Å².